The fourth-order valence-corrected chi connectivity index (χ4v) is 2.14. The number of hydrogen-bond donors (Lipinski definition) is 4. The Labute approximate surface area is 144 Å². The quantitative estimate of drug-likeness (QED) is 0.345. The van der Waals surface area contributed by atoms with Crippen molar-refractivity contribution >= 4 is 17.5 Å². The van der Waals surface area contributed by atoms with Crippen molar-refractivity contribution in [3.8, 4) is 0 Å². The highest BCUT2D eigenvalue weighted by Crippen LogP contribution is 2.12. The summed E-state index contributed by atoms with van der Waals surface area (Å²) in [6.45, 7) is 6.11. The molecule has 140 valence electrons. The molecule has 7 heteroatoms. The molecule has 0 aliphatic carbocycles. The zero-order chi connectivity index (χ0) is 18.8. The Kier molecular flexibility index (Phi) is 10.7. The number of unbranched alkanes of at least 4 members (excludes halogenated alkanes) is 2. The Morgan fingerprint density at radius 1 is 1.17 bits per heavy atom. The minimum absolute atomic E-state index is 0.0382. The minimum Gasteiger partial charge on any atom is -0.480 e. The van der Waals surface area contributed by atoms with Gasteiger partial charge < -0.3 is 21.9 Å². The van der Waals surface area contributed by atoms with Gasteiger partial charge in [-0.3, -0.25) is 14.4 Å². The summed E-state index contributed by atoms with van der Waals surface area (Å²) < 4.78 is 0. The summed E-state index contributed by atoms with van der Waals surface area (Å²) in [5.74, 6) is -1.03. The van der Waals surface area contributed by atoms with E-state index in [-0.39, 0.29) is 30.4 Å². The van der Waals surface area contributed by atoms with E-state index in [9.17, 15) is 14.4 Å². The molecular formula is C17H33N3O4. The fourth-order valence-electron chi connectivity index (χ4n) is 2.14. The molecule has 3 atom stereocenters. The first-order chi connectivity index (χ1) is 11.1. The van der Waals surface area contributed by atoms with Gasteiger partial charge in [0, 0.05) is 12.8 Å². The summed E-state index contributed by atoms with van der Waals surface area (Å²) in [6.07, 6.45) is 3.99. The van der Waals surface area contributed by atoms with Gasteiger partial charge in [-0.2, -0.15) is 0 Å². The van der Waals surface area contributed by atoms with E-state index in [2.05, 4.69) is 5.32 Å². The number of carboxylic acids is 1. The van der Waals surface area contributed by atoms with Crippen LogP contribution in [0.3, 0.4) is 0 Å². The van der Waals surface area contributed by atoms with Crippen molar-refractivity contribution in [2.45, 2.75) is 83.3 Å². The number of carboxylic acid groups (broad SMARTS) is 1. The number of nitrogens with two attached hydrogens (primary N) is 2. The Morgan fingerprint density at radius 3 is 2.33 bits per heavy atom. The van der Waals surface area contributed by atoms with Crippen molar-refractivity contribution in [2.24, 2.45) is 11.5 Å². The maximum Gasteiger partial charge on any atom is 0.320 e. The van der Waals surface area contributed by atoms with Crippen LogP contribution >= 0.6 is 0 Å². The lowest BCUT2D eigenvalue weighted by Crippen LogP contribution is -2.44. The molecule has 7 nitrogen and oxygen atoms in total. The molecule has 0 fully saturated rings. The van der Waals surface area contributed by atoms with Crippen LogP contribution in [0.25, 0.3) is 0 Å². The first-order valence-corrected chi connectivity index (χ1v) is 8.68. The van der Waals surface area contributed by atoms with E-state index < -0.39 is 17.6 Å². The van der Waals surface area contributed by atoms with E-state index >= 15 is 0 Å². The van der Waals surface area contributed by atoms with E-state index in [1.807, 2.05) is 6.92 Å². The second kappa shape index (κ2) is 11.3. The van der Waals surface area contributed by atoms with Crippen LogP contribution < -0.4 is 16.8 Å². The van der Waals surface area contributed by atoms with Gasteiger partial charge in [0.2, 0.25) is 0 Å². The summed E-state index contributed by atoms with van der Waals surface area (Å²) in [4.78, 5) is 34.3. The van der Waals surface area contributed by atoms with Gasteiger partial charge in [0.25, 0.3) is 0 Å². The van der Waals surface area contributed by atoms with Crippen molar-refractivity contribution in [3.63, 3.8) is 0 Å². The molecular weight excluding hydrogens is 310 g/mol. The molecule has 0 aromatic rings. The van der Waals surface area contributed by atoms with E-state index in [1.165, 1.54) is 0 Å². The number of carbonyl (C=O) groups is 3. The molecule has 6 N–H and O–H groups in total. The normalized spacial score (nSPS) is 16.2. The summed E-state index contributed by atoms with van der Waals surface area (Å²) in [5.41, 5.74) is 10.5. The van der Waals surface area contributed by atoms with Gasteiger partial charge >= 0.3 is 5.97 Å². The fraction of sp³-hybridized carbons (Fsp3) is 0.824. The average Bonchev–Trinajstić information content (AvgIpc) is 2.54. The Bertz CT molecular complexity index is 424. The van der Waals surface area contributed by atoms with Crippen molar-refractivity contribution in [1.82, 2.24) is 5.32 Å². The molecule has 0 aliphatic rings. The summed E-state index contributed by atoms with van der Waals surface area (Å²) in [6, 6.07) is -1.31. The zero-order valence-electron chi connectivity index (χ0n) is 15.1. The van der Waals surface area contributed by atoms with Crippen molar-refractivity contribution in [3.05, 3.63) is 0 Å². The van der Waals surface area contributed by atoms with Crippen LogP contribution in [0.5, 0.6) is 0 Å². The largest absolute Gasteiger partial charge is 0.480 e. The highest BCUT2D eigenvalue weighted by molar-refractivity contribution is 5.87. The molecule has 0 bridgehead atoms. The molecule has 0 rings (SSSR count). The molecule has 0 saturated carbocycles. The molecule has 0 aromatic heterocycles. The van der Waals surface area contributed by atoms with Gasteiger partial charge in [0.15, 0.2) is 5.78 Å². The van der Waals surface area contributed by atoms with Gasteiger partial charge in [-0.1, -0.05) is 13.3 Å². The number of rotatable bonds is 14. The lowest BCUT2D eigenvalue weighted by molar-refractivity contribution is -0.138. The van der Waals surface area contributed by atoms with Gasteiger partial charge in [-0.25, -0.2) is 0 Å². The number of Topliss-reactive ketones (excluding diaryl/α,β-unsaturated/α-hetero) is 2. The minimum atomic E-state index is -1.09. The Balaban J connectivity index is 3.79. The van der Waals surface area contributed by atoms with Gasteiger partial charge in [-0.15, -0.1) is 0 Å². The lowest BCUT2D eigenvalue weighted by atomic mass is 9.91. The van der Waals surface area contributed by atoms with Crippen LogP contribution in [0.1, 0.15) is 65.7 Å². The third kappa shape index (κ3) is 9.10. The summed E-state index contributed by atoms with van der Waals surface area (Å²) >= 11 is 0. The SMILES string of the molecule is CCC(C)(N)C(=O)CCCCCNC(C)C(=O)CCC(N)C(=O)O. The number of hydrogen-bond acceptors (Lipinski definition) is 6. The third-order valence-electron chi connectivity index (χ3n) is 4.40. The Morgan fingerprint density at radius 2 is 1.79 bits per heavy atom. The maximum atomic E-state index is 11.9. The highest BCUT2D eigenvalue weighted by atomic mass is 16.4. The van der Waals surface area contributed by atoms with E-state index in [0.717, 1.165) is 19.3 Å². The molecule has 3 unspecified atom stereocenters. The molecule has 0 aromatic carbocycles. The van der Waals surface area contributed by atoms with Crippen molar-refractivity contribution in [2.75, 3.05) is 6.54 Å². The Hall–Kier alpha value is -1.31. The standard InChI is InChI=1S/C17H33N3O4/c1-4-17(3,19)15(22)8-6-5-7-11-20-12(2)14(21)10-9-13(18)16(23)24/h12-13,20H,4-11,18-19H2,1-3H3,(H,23,24). The first kappa shape index (κ1) is 22.7. The first-order valence-electron chi connectivity index (χ1n) is 8.68. The second-order valence-electron chi connectivity index (χ2n) is 6.63. The van der Waals surface area contributed by atoms with Crippen LogP contribution in [0.15, 0.2) is 0 Å². The predicted octanol–water partition coefficient (Wildman–Crippen LogP) is 0.983. The molecule has 0 amide bonds. The highest BCUT2D eigenvalue weighted by Gasteiger charge is 2.24. The third-order valence-corrected chi connectivity index (χ3v) is 4.40. The van der Waals surface area contributed by atoms with Gasteiger partial charge in [-0.05, 0) is 46.1 Å². The zero-order valence-corrected chi connectivity index (χ0v) is 15.1. The second-order valence-corrected chi connectivity index (χ2v) is 6.63. The summed E-state index contributed by atoms with van der Waals surface area (Å²) in [5, 5.41) is 11.8. The number of aliphatic carboxylic acids is 1. The maximum absolute atomic E-state index is 11.9. The molecule has 0 spiro atoms. The molecule has 24 heavy (non-hydrogen) atoms. The van der Waals surface area contributed by atoms with E-state index in [0.29, 0.717) is 19.4 Å². The van der Waals surface area contributed by atoms with Crippen LogP contribution in [0.4, 0.5) is 0 Å². The van der Waals surface area contributed by atoms with Crippen molar-refractivity contribution in [1.29, 1.82) is 0 Å². The summed E-state index contributed by atoms with van der Waals surface area (Å²) in [7, 11) is 0. The number of nitrogens with one attached hydrogen (secondary N) is 1. The molecule has 0 aliphatic heterocycles. The van der Waals surface area contributed by atoms with E-state index in [1.54, 1.807) is 13.8 Å². The average molecular weight is 343 g/mol. The van der Waals surface area contributed by atoms with Crippen LogP contribution in [0, 0.1) is 0 Å². The van der Waals surface area contributed by atoms with Crippen LogP contribution in [-0.4, -0.2) is 46.8 Å². The van der Waals surface area contributed by atoms with E-state index in [4.69, 9.17) is 16.6 Å². The van der Waals surface area contributed by atoms with Crippen LogP contribution in [0.2, 0.25) is 0 Å². The monoisotopic (exact) mass is 343 g/mol. The number of carbonyl (C=O) groups excluding carboxylic acids is 2. The van der Waals surface area contributed by atoms with Gasteiger partial charge in [0.05, 0.1) is 11.6 Å². The smallest absolute Gasteiger partial charge is 0.320 e. The van der Waals surface area contributed by atoms with Crippen LogP contribution in [-0.2, 0) is 14.4 Å². The molecule has 0 saturated heterocycles. The van der Waals surface area contributed by atoms with Crippen molar-refractivity contribution < 1.29 is 19.5 Å². The topological polar surface area (TPSA) is 136 Å². The number of ketones is 2. The molecule has 0 heterocycles. The predicted molar refractivity (Wildman–Crippen MR) is 93.7 cm³/mol. The lowest BCUT2D eigenvalue weighted by Gasteiger charge is -2.20. The van der Waals surface area contributed by atoms with Gasteiger partial charge in [0.1, 0.15) is 11.8 Å². The molecule has 0 radical (unpaired) electrons.